The van der Waals surface area contributed by atoms with Gasteiger partial charge in [0, 0.05) is 23.3 Å². The normalized spacial score (nSPS) is 28.8. The van der Waals surface area contributed by atoms with E-state index in [-0.39, 0.29) is 23.2 Å². The van der Waals surface area contributed by atoms with E-state index in [1.807, 2.05) is 19.1 Å². The SMILES string of the molecule is CCOC(=O)C1CCC(c2ccc(OC)c3c2OCCO3)(C2CCCC2=O)CC1. The lowest BCUT2D eigenvalue weighted by molar-refractivity contribution is -0.149. The molecular formula is C23H30O6. The summed E-state index contributed by atoms with van der Waals surface area (Å²) in [6, 6.07) is 3.96. The molecule has 1 unspecified atom stereocenters. The van der Waals surface area contributed by atoms with E-state index in [1.165, 1.54) is 0 Å². The highest BCUT2D eigenvalue weighted by Crippen LogP contribution is 2.56. The first-order chi connectivity index (χ1) is 14.1. The monoisotopic (exact) mass is 402 g/mol. The van der Waals surface area contributed by atoms with Crippen LogP contribution in [0.1, 0.15) is 57.4 Å². The van der Waals surface area contributed by atoms with E-state index >= 15 is 0 Å². The van der Waals surface area contributed by atoms with Crippen LogP contribution in [-0.4, -0.2) is 38.7 Å². The third kappa shape index (κ3) is 3.47. The number of hydrogen-bond donors (Lipinski definition) is 0. The maximum Gasteiger partial charge on any atom is 0.308 e. The van der Waals surface area contributed by atoms with Crippen molar-refractivity contribution in [1.29, 1.82) is 0 Å². The quantitative estimate of drug-likeness (QED) is 0.697. The molecule has 1 aliphatic heterocycles. The number of fused-ring (bicyclic) bond motifs is 1. The van der Waals surface area contributed by atoms with Gasteiger partial charge in [0.1, 0.15) is 19.0 Å². The topological polar surface area (TPSA) is 71.1 Å². The number of benzene rings is 1. The number of carbonyl (C=O) groups excluding carboxylic acids is 2. The van der Waals surface area contributed by atoms with Crippen LogP contribution in [0.4, 0.5) is 0 Å². The third-order valence-electron chi connectivity index (χ3n) is 6.88. The van der Waals surface area contributed by atoms with Gasteiger partial charge in [-0.1, -0.05) is 6.07 Å². The van der Waals surface area contributed by atoms with Crippen molar-refractivity contribution in [1.82, 2.24) is 0 Å². The summed E-state index contributed by atoms with van der Waals surface area (Å²) in [6.07, 6.45) is 5.47. The highest BCUT2D eigenvalue weighted by Gasteiger charge is 2.50. The first-order valence-electron chi connectivity index (χ1n) is 10.8. The summed E-state index contributed by atoms with van der Waals surface area (Å²) in [5, 5.41) is 0. The molecule has 158 valence electrons. The highest BCUT2D eigenvalue weighted by atomic mass is 16.6. The van der Waals surface area contributed by atoms with Crippen LogP contribution in [0.3, 0.4) is 0 Å². The Kier molecular flexibility index (Phi) is 5.70. The molecule has 29 heavy (non-hydrogen) atoms. The Morgan fingerprint density at radius 1 is 1.14 bits per heavy atom. The molecule has 0 bridgehead atoms. The highest BCUT2D eigenvalue weighted by molar-refractivity contribution is 5.85. The minimum atomic E-state index is -0.326. The molecule has 0 N–H and O–H groups in total. The van der Waals surface area contributed by atoms with E-state index in [0.717, 1.165) is 44.1 Å². The van der Waals surface area contributed by atoms with E-state index in [9.17, 15) is 9.59 Å². The van der Waals surface area contributed by atoms with E-state index in [0.29, 0.717) is 49.3 Å². The van der Waals surface area contributed by atoms with Crippen molar-refractivity contribution < 1.29 is 28.5 Å². The van der Waals surface area contributed by atoms with Crippen LogP contribution in [0, 0.1) is 11.8 Å². The van der Waals surface area contributed by atoms with Crippen molar-refractivity contribution in [3.8, 4) is 17.2 Å². The second kappa shape index (κ2) is 8.25. The molecule has 0 amide bonds. The number of methoxy groups -OCH3 is 1. The van der Waals surface area contributed by atoms with E-state index < -0.39 is 0 Å². The fourth-order valence-electron chi connectivity index (χ4n) is 5.50. The van der Waals surface area contributed by atoms with Crippen LogP contribution < -0.4 is 14.2 Å². The molecule has 1 atom stereocenters. The van der Waals surface area contributed by atoms with Gasteiger partial charge in [0.15, 0.2) is 11.5 Å². The zero-order valence-electron chi connectivity index (χ0n) is 17.3. The first-order valence-corrected chi connectivity index (χ1v) is 10.8. The molecule has 6 nitrogen and oxygen atoms in total. The zero-order valence-corrected chi connectivity index (χ0v) is 17.3. The molecule has 1 aromatic rings. The Morgan fingerprint density at radius 2 is 1.86 bits per heavy atom. The van der Waals surface area contributed by atoms with Crippen molar-refractivity contribution in [3.05, 3.63) is 17.7 Å². The van der Waals surface area contributed by atoms with Gasteiger partial charge in [-0.05, 0) is 51.5 Å². The van der Waals surface area contributed by atoms with Gasteiger partial charge in [-0.2, -0.15) is 0 Å². The number of esters is 1. The average Bonchev–Trinajstić information content (AvgIpc) is 3.19. The van der Waals surface area contributed by atoms with Crippen molar-refractivity contribution in [3.63, 3.8) is 0 Å². The predicted molar refractivity (Wildman–Crippen MR) is 107 cm³/mol. The van der Waals surface area contributed by atoms with Gasteiger partial charge in [-0.15, -0.1) is 0 Å². The summed E-state index contributed by atoms with van der Waals surface area (Å²) < 4.78 is 22.7. The maximum absolute atomic E-state index is 12.9. The smallest absolute Gasteiger partial charge is 0.308 e. The molecule has 0 saturated heterocycles. The number of ketones is 1. The lowest BCUT2D eigenvalue weighted by Crippen LogP contribution is -2.43. The molecule has 3 aliphatic rings. The third-order valence-corrected chi connectivity index (χ3v) is 6.88. The summed E-state index contributed by atoms with van der Waals surface area (Å²) in [5.74, 6) is 2.09. The second-order valence-corrected chi connectivity index (χ2v) is 8.26. The summed E-state index contributed by atoms with van der Waals surface area (Å²) in [4.78, 5) is 25.2. The molecule has 2 fully saturated rings. The minimum absolute atomic E-state index is 0.0336. The van der Waals surface area contributed by atoms with Crippen LogP contribution in [0.25, 0.3) is 0 Å². The molecular weight excluding hydrogens is 372 g/mol. The van der Waals surface area contributed by atoms with Gasteiger partial charge in [0.25, 0.3) is 0 Å². The van der Waals surface area contributed by atoms with E-state index in [2.05, 4.69) is 0 Å². The van der Waals surface area contributed by atoms with Crippen molar-refractivity contribution in [2.75, 3.05) is 26.9 Å². The summed E-state index contributed by atoms with van der Waals surface area (Å²) in [7, 11) is 1.62. The number of rotatable bonds is 5. The van der Waals surface area contributed by atoms with Gasteiger partial charge < -0.3 is 18.9 Å². The Hall–Kier alpha value is -2.24. The van der Waals surface area contributed by atoms with Crippen molar-refractivity contribution in [2.45, 2.75) is 57.3 Å². The lowest BCUT2D eigenvalue weighted by atomic mass is 9.59. The van der Waals surface area contributed by atoms with Crippen LogP contribution in [0.2, 0.25) is 0 Å². The number of carbonyl (C=O) groups is 2. The van der Waals surface area contributed by atoms with Gasteiger partial charge >= 0.3 is 5.97 Å². The van der Waals surface area contributed by atoms with Gasteiger partial charge in [0.05, 0.1) is 19.6 Å². The van der Waals surface area contributed by atoms with Gasteiger partial charge in [-0.3, -0.25) is 9.59 Å². The Labute approximate surface area is 171 Å². The minimum Gasteiger partial charge on any atom is -0.493 e. The average molecular weight is 402 g/mol. The molecule has 0 aromatic heterocycles. The van der Waals surface area contributed by atoms with Crippen LogP contribution in [0.15, 0.2) is 12.1 Å². The van der Waals surface area contributed by atoms with Crippen LogP contribution in [-0.2, 0) is 19.7 Å². The fraction of sp³-hybridized carbons (Fsp3) is 0.652. The number of Topliss-reactive ketones (excluding diaryl/α,β-unsaturated/α-hetero) is 1. The maximum atomic E-state index is 12.9. The Morgan fingerprint density at radius 3 is 2.48 bits per heavy atom. The molecule has 2 aliphatic carbocycles. The number of ether oxygens (including phenoxy) is 4. The van der Waals surface area contributed by atoms with E-state index in [1.54, 1.807) is 7.11 Å². The largest absolute Gasteiger partial charge is 0.493 e. The van der Waals surface area contributed by atoms with Gasteiger partial charge in [0.2, 0.25) is 5.75 Å². The molecule has 6 heteroatoms. The fourth-order valence-corrected chi connectivity index (χ4v) is 5.50. The molecule has 1 heterocycles. The zero-order chi connectivity index (χ0) is 20.4. The summed E-state index contributed by atoms with van der Waals surface area (Å²) in [6.45, 7) is 3.20. The van der Waals surface area contributed by atoms with Gasteiger partial charge in [-0.25, -0.2) is 0 Å². The predicted octanol–water partition coefficient (Wildman–Crippen LogP) is 3.83. The molecule has 1 aromatic carbocycles. The summed E-state index contributed by atoms with van der Waals surface area (Å²) >= 11 is 0. The molecule has 0 radical (unpaired) electrons. The molecule has 0 spiro atoms. The number of hydrogen-bond acceptors (Lipinski definition) is 6. The second-order valence-electron chi connectivity index (χ2n) is 8.26. The van der Waals surface area contributed by atoms with Crippen LogP contribution in [0.5, 0.6) is 17.2 Å². The summed E-state index contributed by atoms with van der Waals surface area (Å²) in [5.41, 5.74) is 0.712. The van der Waals surface area contributed by atoms with Crippen LogP contribution >= 0.6 is 0 Å². The lowest BCUT2D eigenvalue weighted by Gasteiger charge is -2.45. The Balaban J connectivity index is 1.74. The first kappa shape index (κ1) is 20.0. The van der Waals surface area contributed by atoms with Crippen molar-refractivity contribution >= 4 is 11.8 Å². The van der Waals surface area contributed by atoms with Crippen molar-refractivity contribution in [2.24, 2.45) is 11.8 Å². The molecule has 4 rings (SSSR count). The standard InChI is InChI=1S/C23H30O6/c1-3-27-22(25)15-9-11-23(12-10-15,16-5-4-6-18(16)24)17-7-8-19(26-2)21-20(17)28-13-14-29-21/h7-8,15-16H,3-6,9-14H2,1-2H3. The molecule has 2 saturated carbocycles. The van der Waals surface area contributed by atoms with E-state index in [4.69, 9.17) is 18.9 Å². The Bertz CT molecular complexity index is 778.